The average molecular weight is 225 g/mol. The minimum Gasteiger partial charge on any atom is -0.446 e. The molecule has 0 spiro atoms. The predicted molar refractivity (Wildman–Crippen MR) is 57.9 cm³/mol. The third-order valence-electron chi connectivity index (χ3n) is 3.99. The van der Waals surface area contributed by atoms with Crippen LogP contribution in [0.15, 0.2) is 0 Å². The fourth-order valence-electron chi connectivity index (χ4n) is 2.84. The predicted octanol–water partition coefficient (Wildman–Crippen LogP) is 2.13. The van der Waals surface area contributed by atoms with Gasteiger partial charge in [-0.3, -0.25) is 4.90 Å². The van der Waals surface area contributed by atoms with Crippen LogP contribution in [0.2, 0.25) is 0 Å². The standard InChI is InChI=1S/C12H19NO3/c1-8-5-9-7-15-11(6-8)13(9)12(14)16-10-3-2-4-10/h8-11H,2-7H2,1H3/t8-,9?,11?/m0/s1. The Bertz CT molecular complexity index is 276. The number of carbonyl (C=O) groups excluding carboxylic acids is 1. The number of carbonyl (C=O) groups is 1. The zero-order valence-electron chi connectivity index (χ0n) is 9.72. The molecule has 16 heavy (non-hydrogen) atoms. The molecule has 2 heterocycles. The van der Waals surface area contributed by atoms with Gasteiger partial charge in [0.05, 0.1) is 12.6 Å². The lowest BCUT2D eigenvalue weighted by atomic mass is 9.93. The van der Waals surface area contributed by atoms with Crippen molar-refractivity contribution >= 4 is 6.09 Å². The first kappa shape index (κ1) is 10.4. The number of hydrogen-bond acceptors (Lipinski definition) is 3. The van der Waals surface area contributed by atoms with E-state index < -0.39 is 0 Å². The Morgan fingerprint density at radius 1 is 1.38 bits per heavy atom. The van der Waals surface area contributed by atoms with Crippen molar-refractivity contribution in [2.75, 3.05) is 6.61 Å². The van der Waals surface area contributed by atoms with Gasteiger partial charge in [0.1, 0.15) is 12.3 Å². The maximum absolute atomic E-state index is 12.0. The van der Waals surface area contributed by atoms with Gasteiger partial charge >= 0.3 is 6.09 Å². The lowest BCUT2D eigenvalue weighted by Crippen LogP contribution is -2.48. The van der Waals surface area contributed by atoms with E-state index in [1.165, 1.54) is 6.42 Å². The number of fused-ring (bicyclic) bond motifs is 2. The van der Waals surface area contributed by atoms with Crippen LogP contribution in [-0.4, -0.2) is 36.0 Å². The van der Waals surface area contributed by atoms with Gasteiger partial charge in [0, 0.05) is 0 Å². The number of amides is 1. The van der Waals surface area contributed by atoms with E-state index in [0.29, 0.717) is 12.5 Å². The number of piperidine rings is 1. The van der Waals surface area contributed by atoms with Gasteiger partial charge in [-0.25, -0.2) is 4.79 Å². The summed E-state index contributed by atoms with van der Waals surface area (Å²) in [6.07, 6.45) is 5.26. The van der Waals surface area contributed by atoms with Crippen LogP contribution in [0.4, 0.5) is 4.79 Å². The number of ether oxygens (including phenoxy) is 2. The molecule has 3 aliphatic rings. The minimum absolute atomic E-state index is 0.0265. The molecule has 2 aliphatic heterocycles. The first-order valence-corrected chi connectivity index (χ1v) is 6.34. The fourth-order valence-corrected chi connectivity index (χ4v) is 2.84. The topological polar surface area (TPSA) is 38.8 Å². The number of hydrogen-bond donors (Lipinski definition) is 0. The Morgan fingerprint density at radius 2 is 2.19 bits per heavy atom. The molecule has 0 aromatic rings. The van der Waals surface area contributed by atoms with E-state index in [1.807, 2.05) is 4.90 Å². The average Bonchev–Trinajstić information content (AvgIpc) is 2.45. The van der Waals surface area contributed by atoms with Crippen LogP contribution in [-0.2, 0) is 9.47 Å². The third-order valence-corrected chi connectivity index (χ3v) is 3.99. The van der Waals surface area contributed by atoms with Crippen molar-refractivity contribution in [1.29, 1.82) is 0 Å². The summed E-state index contributed by atoms with van der Waals surface area (Å²) in [7, 11) is 0. The van der Waals surface area contributed by atoms with Gasteiger partial charge in [0.25, 0.3) is 0 Å². The van der Waals surface area contributed by atoms with Crippen LogP contribution in [0.5, 0.6) is 0 Å². The largest absolute Gasteiger partial charge is 0.446 e. The number of nitrogens with zero attached hydrogens (tertiary/aromatic N) is 1. The van der Waals surface area contributed by atoms with Crippen LogP contribution < -0.4 is 0 Å². The summed E-state index contributed by atoms with van der Waals surface area (Å²) in [5, 5.41) is 0. The van der Waals surface area contributed by atoms with Gasteiger partial charge < -0.3 is 9.47 Å². The Morgan fingerprint density at radius 3 is 2.81 bits per heavy atom. The monoisotopic (exact) mass is 225 g/mol. The van der Waals surface area contributed by atoms with Crippen LogP contribution in [0.25, 0.3) is 0 Å². The molecule has 2 saturated heterocycles. The van der Waals surface area contributed by atoms with Gasteiger partial charge in [-0.05, 0) is 38.0 Å². The second-order valence-corrected chi connectivity index (χ2v) is 5.36. The molecule has 3 fully saturated rings. The van der Waals surface area contributed by atoms with Gasteiger partial charge in [-0.1, -0.05) is 6.92 Å². The summed E-state index contributed by atoms with van der Waals surface area (Å²) in [5.41, 5.74) is 0. The Labute approximate surface area is 95.9 Å². The van der Waals surface area contributed by atoms with E-state index in [2.05, 4.69) is 6.92 Å². The fraction of sp³-hybridized carbons (Fsp3) is 0.917. The quantitative estimate of drug-likeness (QED) is 0.686. The van der Waals surface area contributed by atoms with Crippen molar-refractivity contribution in [3.63, 3.8) is 0 Å². The first-order valence-electron chi connectivity index (χ1n) is 6.34. The highest BCUT2D eigenvalue weighted by Gasteiger charge is 2.44. The van der Waals surface area contributed by atoms with Crippen LogP contribution in [0.3, 0.4) is 0 Å². The molecule has 90 valence electrons. The molecule has 2 bridgehead atoms. The molecule has 1 saturated carbocycles. The Balaban J connectivity index is 1.63. The lowest BCUT2D eigenvalue weighted by Gasteiger charge is -2.36. The SMILES string of the molecule is C[C@H]1CC2COC(C1)N2C(=O)OC1CCC1. The van der Waals surface area contributed by atoms with Crippen molar-refractivity contribution < 1.29 is 14.3 Å². The molecule has 0 radical (unpaired) electrons. The molecule has 2 unspecified atom stereocenters. The normalized spacial score (nSPS) is 38.3. The lowest BCUT2D eigenvalue weighted by molar-refractivity contribution is -0.0290. The van der Waals surface area contributed by atoms with Crippen molar-refractivity contribution in [3.8, 4) is 0 Å². The second-order valence-electron chi connectivity index (χ2n) is 5.36. The molecule has 0 N–H and O–H groups in total. The smallest absolute Gasteiger partial charge is 0.412 e. The molecule has 4 nitrogen and oxygen atoms in total. The molecule has 0 aromatic heterocycles. The van der Waals surface area contributed by atoms with E-state index in [-0.39, 0.29) is 24.5 Å². The summed E-state index contributed by atoms with van der Waals surface area (Å²) in [6, 6.07) is 0.251. The van der Waals surface area contributed by atoms with Crippen LogP contribution >= 0.6 is 0 Å². The van der Waals surface area contributed by atoms with Gasteiger partial charge in [0.2, 0.25) is 0 Å². The van der Waals surface area contributed by atoms with Crippen molar-refractivity contribution in [2.45, 2.75) is 57.4 Å². The highest BCUT2D eigenvalue weighted by atomic mass is 16.6. The molecule has 1 amide bonds. The van der Waals surface area contributed by atoms with E-state index in [0.717, 1.165) is 25.7 Å². The second kappa shape index (κ2) is 3.91. The zero-order valence-corrected chi connectivity index (χ0v) is 9.72. The molecule has 4 heteroatoms. The molecular weight excluding hydrogens is 206 g/mol. The molecule has 3 rings (SSSR count). The zero-order chi connectivity index (χ0) is 11.1. The van der Waals surface area contributed by atoms with Gasteiger partial charge in [-0.15, -0.1) is 0 Å². The minimum atomic E-state index is -0.149. The summed E-state index contributed by atoms with van der Waals surface area (Å²) in [6.45, 7) is 2.91. The van der Waals surface area contributed by atoms with E-state index in [9.17, 15) is 4.79 Å². The highest BCUT2D eigenvalue weighted by molar-refractivity contribution is 5.69. The van der Waals surface area contributed by atoms with Crippen LogP contribution in [0.1, 0.15) is 39.0 Å². The third kappa shape index (κ3) is 1.69. The molecule has 0 aromatic carbocycles. The van der Waals surface area contributed by atoms with Crippen molar-refractivity contribution in [1.82, 2.24) is 4.90 Å². The van der Waals surface area contributed by atoms with Crippen molar-refractivity contribution in [2.24, 2.45) is 5.92 Å². The van der Waals surface area contributed by atoms with E-state index in [4.69, 9.17) is 9.47 Å². The molecular formula is C12H19NO3. The first-order chi connectivity index (χ1) is 7.74. The van der Waals surface area contributed by atoms with Gasteiger partial charge in [-0.2, -0.15) is 0 Å². The summed E-state index contributed by atoms with van der Waals surface area (Å²) in [4.78, 5) is 13.8. The number of rotatable bonds is 1. The summed E-state index contributed by atoms with van der Waals surface area (Å²) >= 11 is 0. The maximum atomic E-state index is 12.0. The van der Waals surface area contributed by atoms with Crippen molar-refractivity contribution in [3.05, 3.63) is 0 Å². The highest BCUT2D eigenvalue weighted by Crippen LogP contribution is 2.35. The maximum Gasteiger partial charge on any atom is 0.412 e. The summed E-state index contributed by atoms with van der Waals surface area (Å²) < 4.78 is 11.1. The van der Waals surface area contributed by atoms with Crippen LogP contribution in [0, 0.1) is 5.92 Å². The Hall–Kier alpha value is -0.770. The van der Waals surface area contributed by atoms with E-state index >= 15 is 0 Å². The summed E-state index contributed by atoms with van der Waals surface area (Å²) in [5.74, 6) is 0.658. The van der Waals surface area contributed by atoms with E-state index in [1.54, 1.807) is 0 Å². The Kier molecular flexibility index (Phi) is 2.54. The van der Waals surface area contributed by atoms with Gasteiger partial charge in [0.15, 0.2) is 0 Å². The molecule has 3 atom stereocenters. The molecule has 1 aliphatic carbocycles.